The third kappa shape index (κ3) is 3.25. The maximum Gasteiger partial charge on any atom is 0.144 e. The average molecular weight is 394 g/mol. The summed E-state index contributed by atoms with van der Waals surface area (Å²) in [7, 11) is 0. The molecule has 0 spiro atoms. The number of alkyl halides is 1. The normalized spacial score (nSPS) is 10.4. The van der Waals surface area contributed by atoms with Crippen molar-refractivity contribution in [1.82, 2.24) is 0 Å². The van der Waals surface area contributed by atoms with Crippen LogP contribution in [0.15, 0.2) is 45.3 Å². The lowest BCUT2D eigenvalue weighted by atomic mass is 10.2. The fourth-order valence-electron chi connectivity index (χ4n) is 1.38. The van der Waals surface area contributed by atoms with Crippen molar-refractivity contribution in [2.75, 3.05) is 0 Å². The molecule has 0 unspecified atom stereocenters. The molecule has 2 aromatic rings. The molecule has 5 heteroatoms. The monoisotopic (exact) mass is 392 g/mol. The molecule has 0 aromatic heterocycles. The fraction of sp³-hybridized carbons (Fsp3) is 0.0769. The van der Waals surface area contributed by atoms with Crippen molar-refractivity contribution in [3.63, 3.8) is 0 Å². The summed E-state index contributed by atoms with van der Waals surface area (Å²) in [6.45, 7) is 0. The third-order valence-corrected chi connectivity index (χ3v) is 3.97. The molecule has 2 rings (SSSR count). The zero-order valence-electron chi connectivity index (χ0n) is 9.09. The lowest BCUT2D eigenvalue weighted by Gasteiger charge is -2.09. The second-order valence-corrected chi connectivity index (χ2v) is 5.54. The molecule has 94 valence electrons. The van der Waals surface area contributed by atoms with Gasteiger partial charge in [0.1, 0.15) is 17.3 Å². The van der Waals surface area contributed by atoms with Crippen molar-refractivity contribution in [2.45, 2.75) is 5.88 Å². The summed E-state index contributed by atoms with van der Waals surface area (Å²) in [4.78, 5) is 0. The van der Waals surface area contributed by atoms with Gasteiger partial charge >= 0.3 is 0 Å². The lowest BCUT2D eigenvalue weighted by molar-refractivity contribution is 0.473. The summed E-state index contributed by atoms with van der Waals surface area (Å²) in [6, 6.07) is 9.75. The van der Waals surface area contributed by atoms with Crippen LogP contribution in [0.2, 0.25) is 0 Å². The van der Waals surface area contributed by atoms with E-state index in [1.165, 1.54) is 12.1 Å². The minimum Gasteiger partial charge on any atom is -0.456 e. The molecule has 0 saturated carbocycles. The van der Waals surface area contributed by atoms with Crippen LogP contribution in [0.4, 0.5) is 4.39 Å². The summed E-state index contributed by atoms with van der Waals surface area (Å²) in [5.41, 5.74) is 0.974. The van der Waals surface area contributed by atoms with Crippen LogP contribution in [0.3, 0.4) is 0 Å². The van der Waals surface area contributed by atoms with E-state index in [0.29, 0.717) is 21.9 Å². The molecular formula is C13H8Br2ClFO. The lowest BCUT2D eigenvalue weighted by Crippen LogP contribution is -1.88. The van der Waals surface area contributed by atoms with Gasteiger partial charge < -0.3 is 4.74 Å². The first-order valence-corrected chi connectivity index (χ1v) is 7.19. The van der Waals surface area contributed by atoms with Crippen LogP contribution in [0, 0.1) is 5.82 Å². The molecule has 0 N–H and O–H groups in total. The van der Waals surface area contributed by atoms with Crippen LogP contribution in [-0.4, -0.2) is 0 Å². The van der Waals surface area contributed by atoms with Gasteiger partial charge in [-0.2, -0.15) is 0 Å². The fourth-order valence-corrected chi connectivity index (χ4v) is 2.60. The van der Waals surface area contributed by atoms with E-state index in [-0.39, 0.29) is 5.82 Å². The van der Waals surface area contributed by atoms with Gasteiger partial charge in [0, 0.05) is 16.4 Å². The Morgan fingerprint density at radius 1 is 1.06 bits per heavy atom. The summed E-state index contributed by atoms with van der Waals surface area (Å²) < 4.78 is 20.3. The standard InChI is InChI=1S/C13H8Br2ClFO/c14-11-4-2-9(17)5-13(11)18-10-3-1-8(7-16)12(15)6-10/h1-6H,7H2. The summed E-state index contributed by atoms with van der Waals surface area (Å²) in [5, 5.41) is 0. The molecule has 2 aromatic carbocycles. The van der Waals surface area contributed by atoms with E-state index in [2.05, 4.69) is 31.9 Å². The molecule has 0 bridgehead atoms. The van der Waals surface area contributed by atoms with Crippen molar-refractivity contribution in [3.8, 4) is 11.5 Å². The van der Waals surface area contributed by atoms with Gasteiger partial charge in [-0.05, 0) is 45.8 Å². The molecule has 0 amide bonds. The molecule has 0 aliphatic carbocycles. The Bertz CT molecular complexity index is 575. The van der Waals surface area contributed by atoms with E-state index in [1.54, 1.807) is 18.2 Å². The van der Waals surface area contributed by atoms with Crippen LogP contribution in [0.1, 0.15) is 5.56 Å². The van der Waals surface area contributed by atoms with Gasteiger partial charge in [0.2, 0.25) is 0 Å². The molecule has 0 atom stereocenters. The van der Waals surface area contributed by atoms with Gasteiger partial charge in [0.25, 0.3) is 0 Å². The number of benzene rings is 2. The van der Waals surface area contributed by atoms with Crippen LogP contribution < -0.4 is 4.74 Å². The molecule has 0 saturated heterocycles. The Kier molecular flexibility index (Phi) is 4.65. The Hall–Kier alpha value is -0.580. The van der Waals surface area contributed by atoms with Gasteiger partial charge in [-0.25, -0.2) is 4.39 Å². The molecule has 18 heavy (non-hydrogen) atoms. The smallest absolute Gasteiger partial charge is 0.144 e. The molecular weight excluding hydrogens is 386 g/mol. The first-order valence-electron chi connectivity index (χ1n) is 5.07. The molecule has 0 fully saturated rings. The van der Waals surface area contributed by atoms with E-state index < -0.39 is 0 Å². The third-order valence-electron chi connectivity index (χ3n) is 2.29. The minimum atomic E-state index is -0.343. The SMILES string of the molecule is Fc1ccc(Br)c(Oc2ccc(CCl)c(Br)c2)c1. The highest BCUT2D eigenvalue weighted by atomic mass is 79.9. The molecule has 0 radical (unpaired) electrons. The first kappa shape index (κ1) is 13.8. The minimum absolute atomic E-state index is 0.343. The maximum absolute atomic E-state index is 13.1. The van der Waals surface area contributed by atoms with Crippen molar-refractivity contribution in [3.05, 3.63) is 56.7 Å². The van der Waals surface area contributed by atoms with Crippen LogP contribution >= 0.6 is 43.5 Å². The molecule has 0 heterocycles. The number of hydrogen-bond donors (Lipinski definition) is 0. The highest BCUT2D eigenvalue weighted by Crippen LogP contribution is 2.32. The van der Waals surface area contributed by atoms with Crippen molar-refractivity contribution < 1.29 is 9.13 Å². The van der Waals surface area contributed by atoms with Gasteiger partial charge in [-0.3, -0.25) is 0 Å². The van der Waals surface area contributed by atoms with E-state index in [4.69, 9.17) is 16.3 Å². The van der Waals surface area contributed by atoms with Crippen LogP contribution in [-0.2, 0) is 5.88 Å². The number of hydrogen-bond acceptors (Lipinski definition) is 1. The van der Waals surface area contributed by atoms with E-state index in [1.807, 2.05) is 6.07 Å². The number of rotatable bonds is 3. The Labute approximate surface area is 126 Å². The Morgan fingerprint density at radius 2 is 1.83 bits per heavy atom. The molecule has 1 nitrogen and oxygen atoms in total. The predicted molar refractivity (Wildman–Crippen MR) is 77.9 cm³/mol. The zero-order chi connectivity index (χ0) is 13.1. The largest absolute Gasteiger partial charge is 0.456 e. The average Bonchev–Trinajstić information content (AvgIpc) is 2.34. The topological polar surface area (TPSA) is 9.23 Å². The Balaban J connectivity index is 2.28. The van der Waals surface area contributed by atoms with Gasteiger partial charge in [-0.15, -0.1) is 11.6 Å². The van der Waals surface area contributed by atoms with E-state index >= 15 is 0 Å². The Morgan fingerprint density at radius 3 is 2.50 bits per heavy atom. The zero-order valence-corrected chi connectivity index (χ0v) is 13.0. The van der Waals surface area contributed by atoms with E-state index in [0.717, 1.165) is 10.0 Å². The molecule has 0 aliphatic rings. The quantitative estimate of drug-likeness (QED) is 0.591. The van der Waals surface area contributed by atoms with Crippen molar-refractivity contribution in [1.29, 1.82) is 0 Å². The van der Waals surface area contributed by atoms with Crippen molar-refractivity contribution >= 4 is 43.5 Å². The molecule has 0 aliphatic heterocycles. The first-order chi connectivity index (χ1) is 8.60. The number of ether oxygens (including phenoxy) is 1. The summed E-state index contributed by atoms with van der Waals surface area (Å²) in [6.07, 6.45) is 0. The van der Waals surface area contributed by atoms with Gasteiger partial charge in [-0.1, -0.05) is 22.0 Å². The van der Waals surface area contributed by atoms with E-state index in [9.17, 15) is 4.39 Å². The maximum atomic E-state index is 13.1. The summed E-state index contributed by atoms with van der Waals surface area (Å²) in [5.74, 6) is 1.12. The predicted octanol–water partition coefficient (Wildman–Crippen LogP) is 5.88. The van der Waals surface area contributed by atoms with Crippen LogP contribution in [0.25, 0.3) is 0 Å². The van der Waals surface area contributed by atoms with Crippen LogP contribution in [0.5, 0.6) is 11.5 Å². The second-order valence-electron chi connectivity index (χ2n) is 3.56. The highest BCUT2D eigenvalue weighted by Gasteiger charge is 2.06. The van der Waals surface area contributed by atoms with Crippen molar-refractivity contribution in [2.24, 2.45) is 0 Å². The summed E-state index contributed by atoms with van der Waals surface area (Å²) >= 11 is 12.5. The highest BCUT2D eigenvalue weighted by molar-refractivity contribution is 9.10. The second kappa shape index (κ2) is 6.04. The number of halogens is 4. The van der Waals surface area contributed by atoms with Gasteiger partial charge in [0.15, 0.2) is 0 Å². The van der Waals surface area contributed by atoms with Gasteiger partial charge in [0.05, 0.1) is 4.47 Å².